The van der Waals surface area contributed by atoms with Gasteiger partial charge in [0.2, 0.25) is 0 Å². The topological polar surface area (TPSA) is 210 Å². The Bertz CT molecular complexity index is 508. The predicted molar refractivity (Wildman–Crippen MR) is 88.6 cm³/mol. The number of aliphatic hydroxyl groups is 7. The fourth-order valence-corrected chi connectivity index (χ4v) is 3.05. The van der Waals surface area contributed by atoms with Crippen molar-refractivity contribution in [3.8, 4) is 0 Å². The number of aliphatic hydroxyl groups excluding tert-OH is 7. The molecule has 1 unspecified atom stereocenters. The molecule has 0 aromatic rings. The quantitative estimate of drug-likeness (QED) is 0.201. The van der Waals surface area contributed by atoms with Gasteiger partial charge in [-0.15, -0.1) is 0 Å². The first kappa shape index (κ1) is 23.2. The number of carbonyl (C=O) groups is 1. The maximum absolute atomic E-state index is 11.6. The molecule has 2 amide bonds. The number of ether oxygens (including phenoxy) is 3. The van der Waals surface area contributed by atoms with E-state index in [0.717, 1.165) is 0 Å². The van der Waals surface area contributed by atoms with Crippen LogP contribution >= 0.6 is 0 Å². The number of amides is 2. The highest BCUT2D eigenvalue weighted by Gasteiger charge is 2.50. The first-order valence-corrected chi connectivity index (χ1v) is 8.87. The van der Waals surface area contributed by atoms with Gasteiger partial charge in [-0.2, -0.15) is 0 Å². The molecule has 2 aliphatic heterocycles. The van der Waals surface area contributed by atoms with Crippen molar-refractivity contribution in [2.45, 2.75) is 68.3 Å². The Labute approximate surface area is 160 Å². The normalized spacial score (nSPS) is 44.1. The SMILES string of the molecule is CCNC(=O)NC1O[C@H](CO)[C@@H](O[C@@H]2O[C@H](CO)[C@H](O)[C@H](O)[C@H]2O)[C@H](O)[C@H]1O. The summed E-state index contributed by atoms with van der Waals surface area (Å²) in [5.41, 5.74) is 0. The van der Waals surface area contributed by atoms with Crippen LogP contribution in [0.25, 0.3) is 0 Å². The van der Waals surface area contributed by atoms with Gasteiger partial charge in [0.05, 0.1) is 13.2 Å². The standard InChI is InChI=1S/C15H28N2O11/c1-2-16-15(25)17-13-10(23)9(22)12(6(4-19)26-13)28-14-11(24)8(21)7(20)5(3-18)27-14/h5-14,18-24H,2-4H2,1H3,(H2,16,17,25)/t5-,6-,7+,8+,9-,10-,11-,12-,13?,14+/m1/s1. The van der Waals surface area contributed by atoms with Crippen molar-refractivity contribution in [3.05, 3.63) is 0 Å². The molecule has 0 aliphatic carbocycles. The molecule has 10 atom stereocenters. The highest BCUT2D eigenvalue weighted by molar-refractivity contribution is 5.74. The van der Waals surface area contributed by atoms with E-state index >= 15 is 0 Å². The first-order chi connectivity index (χ1) is 13.2. The van der Waals surface area contributed by atoms with Gasteiger partial charge >= 0.3 is 6.03 Å². The summed E-state index contributed by atoms with van der Waals surface area (Å²) in [6.45, 7) is 0.621. The van der Waals surface area contributed by atoms with E-state index in [9.17, 15) is 40.5 Å². The van der Waals surface area contributed by atoms with Crippen molar-refractivity contribution in [2.75, 3.05) is 19.8 Å². The minimum absolute atomic E-state index is 0.309. The summed E-state index contributed by atoms with van der Waals surface area (Å²) in [7, 11) is 0. The smallest absolute Gasteiger partial charge is 0.316 e. The third-order valence-corrected chi connectivity index (χ3v) is 4.61. The highest BCUT2D eigenvalue weighted by atomic mass is 16.7. The van der Waals surface area contributed by atoms with Crippen LogP contribution in [0, 0.1) is 0 Å². The monoisotopic (exact) mass is 412 g/mol. The molecule has 0 saturated carbocycles. The Morgan fingerprint density at radius 2 is 1.54 bits per heavy atom. The molecule has 28 heavy (non-hydrogen) atoms. The molecule has 0 aromatic heterocycles. The molecule has 9 N–H and O–H groups in total. The Kier molecular flexibility index (Phi) is 8.32. The number of nitrogens with one attached hydrogen (secondary N) is 2. The van der Waals surface area contributed by atoms with Crippen molar-refractivity contribution >= 4 is 6.03 Å². The molecule has 2 aliphatic rings. The van der Waals surface area contributed by atoms with Gasteiger partial charge in [0.15, 0.2) is 12.5 Å². The Hall–Kier alpha value is -1.13. The van der Waals surface area contributed by atoms with E-state index in [4.69, 9.17) is 14.2 Å². The summed E-state index contributed by atoms with van der Waals surface area (Å²) in [6.07, 6.45) is -15.2. The number of hydrogen-bond donors (Lipinski definition) is 9. The second kappa shape index (κ2) is 10.1. The van der Waals surface area contributed by atoms with Gasteiger partial charge in [-0.05, 0) is 6.92 Å². The van der Waals surface area contributed by atoms with Crippen LogP contribution in [0.3, 0.4) is 0 Å². The number of urea groups is 1. The van der Waals surface area contributed by atoms with Gasteiger partial charge < -0.3 is 60.6 Å². The summed E-state index contributed by atoms with van der Waals surface area (Å²) < 4.78 is 16.0. The van der Waals surface area contributed by atoms with Crippen LogP contribution < -0.4 is 10.6 Å². The van der Waals surface area contributed by atoms with E-state index < -0.39 is 80.6 Å². The number of hydrogen-bond acceptors (Lipinski definition) is 11. The highest BCUT2D eigenvalue weighted by Crippen LogP contribution is 2.28. The lowest BCUT2D eigenvalue weighted by molar-refractivity contribution is -0.342. The van der Waals surface area contributed by atoms with Crippen molar-refractivity contribution in [1.82, 2.24) is 10.6 Å². The van der Waals surface area contributed by atoms with Crippen LogP contribution in [0.1, 0.15) is 6.92 Å². The molecule has 2 heterocycles. The summed E-state index contributed by atoms with van der Waals surface area (Å²) in [4.78, 5) is 11.6. The molecule has 0 bridgehead atoms. The van der Waals surface area contributed by atoms with Crippen molar-refractivity contribution in [1.29, 1.82) is 0 Å². The number of carbonyl (C=O) groups excluding carboxylic acids is 1. The summed E-state index contributed by atoms with van der Waals surface area (Å²) >= 11 is 0. The van der Waals surface area contributed by atoms with Crippen molar-refractivity contribution in [3.63, 3.8) is 0 Å². The van der Waals surface area contributed by atoms with Gasteiger partial charge in [-0.1, -0.05) is 0 Å². The lowest BCUT2D eigenvalue weighted by atomic mass is 9.96. The van der Waals surface area contributed by atoms with Crippen LogP contribution in [-0.2, 0) is 14.2 Å². The fourth-order valence-electron chi connectivity index (χ4n) is 3.05. The third kappa shape index (κ3) is 4.88. The summed E-state index contributed by atoms with van der Waals surface area (Å²) in [5.74, 6) is 0. The molecule has 2 fully saturated rings. The lowest BCUT2D eigenvalue weighted by Crippen LogP contribution is -2.67. The van der Waals surface area contributed by atoms with E-state index in [1.165, 1.54) is 0 Å². The summed E-state index contributed by atoms with van der Waals surface area (Å²) in [5, 5.41) is 73.7. The van der Waals surface area contributed by atoms with Crippen LogP contribution in [-0.4, -0.2) is 123 Å². The molecule has 13 nitrogen and oxygen atoms in total. The summed E-state index contributed by atoms with van der Waals surface area (Å²) in [6, 6.07) is -0.663. The average molecular weight is 412 g/mol. The van der Waals surface area contributed by atoms with Crippen molar-refractivity contribution in [2.24, 2.45) is 0 Å². The van der Waals surface area contributed by atoms with Crippen molar-refractivity contribution < 1.29 is 54.8 Å². The molecular weight excluding hydrogens is 384 g/mol. The van der Waals surface area contributed by atoms with Crippen LogP contribution in [0.5, 0.6) is 0 Å². The molecule has 0 aromatic carbocycles. The predicted octanol–water partition coefficient (Wildman–Crippen LogP) is -5.07. The van der Waals surface area contributed by atoms with Crippen LogP contribution in [0.4, 0.5) is 4.79 Å². The van der Waals surface area contributed by atoms with Gasteiger partial charge in [-0.25, -0.2) is 4.79 Å². The minimum atomic E-state index is -1.74. The van der Waals surface area contributed by atoms with Gasteiger partial charge in [0, 0.05) is 6.54 Å². The van der Waals surface area contributed by atoms with E-state index in [0.29, 0.717) is 6.54 Å². The zero-order chi connectivity index (χ0) is 21.0. The van der Waals surface area contributed by atoms with Gasteiger partial charge in [0.25, 0.3) is 0 Å². The molecular formula is C15H28N2O11. The number of rotatable bonds is 6. The Morgan fingerprint density at radius 3 is 2.11 bits per heavy atom. The second-order valence-corrected chi connectivity index (χ2v) is 6.56. The molecule has 2 rings (SSSR count). The maximum Gasteiger partial charge on any atom is 0.316 e. The first-order valence-electron chi connectivity index (χ1n) is 8.87. The third-order valence-electron chi connectivity index (χ3n) is 4.61. The minimum Gasteiger partial charge on any atom is -0.394 e. The lowest BCUT2D eigenvalue weighted by Gasteiger charge is -2.46. The Morgan fingerprint density at radius 1 is 0.893 bits per heavy atom. The maximum atomic E-state index is 11.6. The van der Waals surface area contributed by atoms with Gasteiger partial charge in [0.1, 0.15) is 48.8 Å². The molecule has 2 saturated heterocycles. The second-order valence-electron chi connectivity index (χ2n) is 6.56. The molecule has 13 heteroatoms. The average Bonchev–Trinajstić information content (AvgIpc) is 2.67. The molecule has 0 radical (unpaired) electrons. The van der Waals surface area contributed by atoms with E-state index in [-0.39, 0.29) is 0 Å². The fraction of sp³-hybridized carbons (Fsp3) is 0.933. The van der Waals surface area contributed by atoms with Crippen LogP contribution in [0.15, 0.2) is 0 Å². The molecule has 0 spiro atoms. The van der Waals surface area contributed by atoms with Gasteiger partial charge in [-0.3, -0.25) is 0 Å². The largest absolute Gasteiger partial charge is 0.394 e. The zero-order valence-electron chi connectivity index (χ0n) is 15.2. The van der Waals surface area contributed by atoms with E-state index in [1.54, 1.807) is 6.92 Å². The zero-order valence-corrected chi connectivity index (χ0v) is 15.2. The van der Waals surface area contributed by atoms with E-state index in [2.05, 4.69) is 10.6 Å². The van der Waals surface area contributed by atoms with E-state index in [1.807, 2.05) is 0 Å². The Balaban J connectivity index is 2.09. The molecule has 164 valence electrons. The van der Waals surface area contributed by atoms with Crippen LogP contribution in [0.2, 0.25) is 0 Å².